The molecule has 2 aromatic carbocycles. The molecule has 0 radical (unpaired) electrons. The van der Waals surface area contributed by atoms with Gasteiger partial charge in [0.25, 0.3) is 5.91 Å². The van der Waals surface area contributed by atoms with E-state index in [1.807, 2.05) is 32.9 Å². The van der Waals surface area contributed by atoms with E-state index in [1.54, 1.807) is 18.2 Å². The van der Waals surface area contributed by atoms with Crippen molar-refractivity contribution < 1.29 is 4.79 Å². The fourth-order valence-electron chi connectivity index (χ4n) is 2.27. The molecule has 0 bridgehead atoms. The van der Waals surface area contributed by atoms with Gasteiger partial charge in [-0.2, -0.15) is 5.10 Å². The maximum atomic E-state index is 12.5. The van der Waals surface area contributed by atoms with Gasteiger partial charge >= 0.3 is 0 Å². The summed E-state index contributed by atoms with van der Waals surface area (Å²) in [5, 5.41) is 8.46. The summed E-state index contributed by atoms with van der Waals surface area (Å²) in [4.78, 5) is 16.9. The molecule has 140 valence electrons. The van der Waals surface area contributed by atoms with Crippen molar-refractivity contribution in [3.63, 3.8) is 0 Å². The lowest BCUT2D eigenvalue weighted by Crippen LogP contribution is -2.12. The topological polar surface area (TPSA) is 66.4 Å². The molecule has 0 atom stereocenters. The number of nitrogens with zero attached hydrogens (tertiary/aromatic N) is 2. The van der Waals surface area contributed by atoms with Crippen LogP contribution in [0.5, 0.6) is 0 Å². The molecule has 0 fully saturated rings. The number of halogens is 2. The van der Waals surface area contributed by atoms with Crippen molar-refractivity contribution in [2.24, 2.45) is 5.10 Å². The van der Waals surface area contributed by atoms with E-state index in [1.165, 1.54) is 11.3 Å². The number of thiazole rings is 1. The lowest BCUT2D eigenvalue weighted by Gasteiger charge is -2.09. The summed E-state index contributed by atoms with van der Waals surface area (Å²) in [6.45, 7) is 5.92. The summed E-state index contributed by atoms with van der Waals surface area (Å²) in [6, 6.07) is 8.91. The van der Waals surface area contributed by atoms with E-state index < -0.39 is 0 Å². The third-order valence-electron chi connectivity index (χ3n) is 3.98. The molecule has 0 saturated heterocycles. The minimum atomic E-state index is -0.252. The average molecular weight is 421 g/mol. The predicted molar refractivity (Wildman–Crippen MR) is 116 cm³/mol. The number of hydrogen-bond acceptors (Lipinski definition) is 5. The molecule has 0 aliphatic rings. The molecular weight excluding hydrogens is 403 g/mol. The molecule has 27 heavy (non-hydrogen) atoms. The largest absolute Gasteiger partial charge is 0.321 e. The first kappa shape index (κ1) is 19.6. The van der Waals surface area contributed by atoms with Crippen LogP contribution in [0.25, 0.3) is 10.2 Å². The SMILES string of the molecule is CC/C(C)=N/Nc1nc2c(Cl)cc(NC(=O)c3ccc(C)cc3)c(Cl)c2s1. The number of carbonyl (C=O) groups is 1. The second kappa shape index (κ2) is 8.25. The van der Waals surface area contributed by atoms with E-state index in [0.29, 0.717) is 36.6 Å². The number of aryl methyl sites for hydroxylation is 1. The van der Waals surface area contributed by atoms with Crippen molar-refractivity contribution in [3.05, 3.63) is 51.5 Å². The Bertz CT molecular complexity index is 1030. The Morgan fingerprint density at radius 2 is 1.96 bits per heavy atom. The molecule has 5 nitrogen and oxygen atoms in total. The van der Waals surface area contributed by atoms with Gasteiger partial charge in [0, 0.05) is 11.3 Å². The van der Waals surface area contributed by atoms with Crippen LogP contribution in [0.2, 0.25) is 10.0 Å². The van der Waals surface area contributed by atoms with E-state index >= 15 is 0 Å². The van der Waals surface area contributed by atoms with Crippen molar-refractivity contribution in [1.82, 2.24) is 4.98 Å². The molecule has 1 amide bonds. The molecule has 8 heteroatoms. The normalized spacial score (nSPS) is 11.7. The van der Waals surface area contributed by atoms with E-state index in [9.17, 15) is 4.79 Å². The van der Waals surface area contributed by atoms with Gasteiger partial charge < -0.3 is 5.32 Å². The van der Waals surface area contributed by atoms with E-state index in [4.69, 9.17) is 23.2 Å². The van der Waals surface area contributed by atoms with Crippen molar-refractivity contribution in [2.75, 3.05) is 10.7 Å². The average Bonchev–Trinajstić information content (AvgIpc) is 3.09. The number of hydrogen-bond donors (Lipinski definition) is 2. The van der Waals surface area contributed by atoms with Crippen LogP contribution in [-0.2, 0) is 0 Å². The number of rotatable bonds is 5. The monoisotopic (exact) mass is 420 g/mol. The Balaban J connectivity index is 1.91. The van der Waals surface area contributed by atoms with Crippen LogP contribution >= 0.6 is 34.5 Å². The van der Waals surface area contributed by atoms with Gasteiger partial charge in [-0.25, -0.2) is 4.98 Å². The Hall–Kier alpha value is -2.15. The summed E-state index contributed by atoms with van der Waals surface area (Å²) in [7, 11) is 0. The van der Waals surface area contributed by atoms with Crippen LogP contribution in [0.1, 0.15) is 36.2 Å². The predicted octanol–water partition coefficient (Wildman–Crippen LogP) is 6.36. The van der Waals surface area contributed by atoms with Gasteiger partial charge in [-0.3, -0.25) is 10.2 Å². The van der Waals surface area contributed by atoms with Crippen LogP contribution < -0.4 is 10.7 Å². The highest BCUT2D eigenvalue weighted by Crippen LogP contribution is 2.41. The summed E-state index contributed by atoms with van der Waals surface area (Å²) in [5.74, 6) is -0.252. The molecule has 0 saturated carbocycles. The summed E-state index contributed by atoms with van der Waals surface area (Å²) >= 11 is 14.2. The van der Waals surface area contributed by atoms with E-state index in [2.05, 4.69) is 20.8 Å². The van der Waals surface area contributed by atoms with Crippen molar-refractivity contribution in [1.29, 1.82) is 0 Å². The van der Waals surface area contributed by atoms with E-state index in [0.717, 1.165) is 17.7 Å². The highest BCUT2D eigenvalue weighted by molar-refractivity contribution is 7.23. The van der Waals surface area contributed by atoms with Crippen LogP contribution in [0.15, 0.2) is 35.4 Å². The first-order chi connectivity index (χ1) is 12.9. The first-order valence-electron chi connectivity index (χ1n) is 8.34. The third kappa shape index (κ3) is 4.40. The minimum Gasteiger partial charge on any atom is -0.321 e. The molecule has 3 rings (SSSR count). The van der Waals surface area contributed by atoms with E-state index in [-0.39, 0.29) is 5.91 Å². The summed E-state index contributed by atoms with van der Waals surface area (Å²) < 4.78 is 0.690. The molecule has 0 aliphatic heterocycles. The fraction of sp³-hybridized carbons (Fsp3) is 0.211. The first-order valence-corrected chi connectivity index (χ1v) is 9.92. The Morgan fingerprint density at radius 1 is 1.26 bits per heavy atom. The van der Waals surface area contributed by atoms with Gasteiger partial charge in [-0.05, 0) is 38.5 Å². The van der Waals surface area contributed by atoms with Crippen molar-refractivity contribution >= 4 is 67.2 Å². The number of aromatic nitrogens is 1. The third-order valence-corrected chi connectivity index (χ3v) is 5.75. The Kier molecular flexibility index (Phi) is 5.99. The number of carbonyl (C=O) groups excluding carboxylic acids is 1. The number of hydrazone groups is 1. The quantitative estimate of drug-likeness (QED) is 0.372. The zero-order valence-electron chi connectivity index (χ0n) is 15.1. The molecular formula is C19H18Cl2N4OS. The molecule has 3 aromatic rings. The van der Waals surface area contributed by atoms with Crippen LogP contribution in [0.3, 0.4) is 0 Å². The molecule has 0 spiro atoms. The zero-order chi connectivity index (χ0) is 19.6. The molecule has 0 unspecified atom stereocenters. The molecule has 1 heterocycles. The lowest BCUT2D eigenvalue weighted by atomic mass is 10.1. The highest BCUT2D eigenvalue weighted by Gasteiger charge is 2.17. The highest BCUT2D eigenvalue weighted by atomic mass is 35.5. The van der Waals surface area contributed by atoms with Gasteiger partial charge in [0.05, 0.1) is 20.4 Å². The van der Waals surface area contributed by atoms with Crippen molar-refractivity contribution in [3.8, 4) is 0 Å². The number of amides is 1. The van der Waals surface area contributed by atoms with Crippen LogP contribution in [0.4, 0.5) is 10.8 Å². The smallest absolute Gasteiger partial charge is 0.255 e. The molecule has 2 N–H and O–H groups in total. The summed E-state index contributed by atoms with van der Waals surface area (Å²) in [5.41, 5.74) is 6.53. The van der Waals surface area contributed by atoms with Gasteiger partial charge in [-0.1, -0.05) is 59.2 Å². The maximum Gasteiger partial charge on any atom is 0.255 e. The minimum absolute atomic E-state index is 0.252. The maximum absolute atomic E-state index is 12.5. The molecule has 1 aromatic heterocycles. The number of nitrogens with one attached hydrogen (secondary N) is 2. The van der Waals surface area contributed by atoms with Gasteiger partial charge in [0.15, 0.2) is 0 Å². The van der Waals surface area contributed by atoms with Crippen LogP contribution in [0, 0.1) is 6.92 Å². The number of benzene rings is 2. The summed E-state index contributed by atoms with van der Waals surface area (Å²) in [6.07, 6.45) is 0.842. The Morgan fingerprint density at radius 3 is 2.63 bits per heavy atom. The number of anilines is 2. The Labute approximate surface area is 171 Å². The van der Waals surface area contributed by atoms with Gasteiger partial charge in [-0.15, -0.1) is 0 Å². The fourth-order valence-corrected chi connectivity index (χ4v) is 3.75. The lowest BCUT2D eigenvalue weighted by molar-refractivity contribution is 0.102. The second-order valence-corrected chi connectivity index (χ2v) is 7.83. The standard InChI is InChI=1S/C19H18Cl2N4OS/c1-4-11(3)24-25-19-23-16-13(20)9-14(15(21)17(16)27-19)22-18(26)12-7-5-10(2)6-8-12/h5-9H,4H2,1-3H3,(H,22,26)(H,23,25)/b24-11+. The second-order valence-electron chi connectivity index (χ2n) is 6.05. The number of fused-ring (bicyclic) bond motifs is 1. The molecule has 0 aliphatic carbocycles. The van der Waals surface area contributed by atoms with Gasteiger partial charge in [0.1, 0.15) is 5.52 Å². The zero-order valence-corrected chi connectivity index (χ0v) is 17.4. The van der Waals surface area contributed by atoms with Gasteiger partial charge in [0.2, 0.25) is 5.13 Å². The van der Waals surface area contributed by atoms with Crippen LogP contribution in [-0.4, -0.2) is 16.6 Å². The van der Waals surface area contributed by atoms with Crippen molar-refractivity contribution in [2.45, 2.75) is 27.2 Å².